The number of methoxy groups -OCH3 is 2. The van der Waals surface area contributed by atoms with Crippen molar-refractivity contribution in [1.29, 1.82) is 0 Å². The molecule has 5 rings (SSSR count). The first-order valence-corrected chi connectivity index (χ1v) is 14.6. The SMILES string of the molecule is COc1c(NC[C@H]2CCC[C@@H](c3cccc(C)c3)O2)ncnc1C(=O)N1CCC(N[C@H]2CCOC[C@H]2OC)CC1. The average molecular weight is 554 g/mol. The highest BCUT2D eigenvalue weighted by Gasteiger charge is 2.32. The number of amides is 1. The molecule has 4 heterocycles. The number of anilines is 1. The Kier molecular flexibility index (Phi) is 9.85. The van der Waals surface area contributed by atoms with E-state index in [1.165, 1.54) is 17.5 Å². The van der Waals surface area contributed by atoms with Crippen molar-refractivity contribution < 1.29 is 23.7 Å². The van der Waals surface area contributed by atoms with Gasteiger partial charge in [0, 0.05) is 45.4 Å². The van der Waals surface area contributed by atoms with Crippen LogP contribution in [0.25, 0.3) is 0 Å². The predicted octanol–water partition coefficient (Wildman–Crippen LogP) is 3.51. The highest BCUT2D eigenvalue weighted by molar-refractivity contribution is 5.96. The van der Waals surface area contributed by atoms with Crippen LogP contribution in [0.3, 0.4) is 0 Å². The topological polar surface area (TPSA) is 107 Å². The Balaban J connectivity index is 1.16. The molecular weight excluding hydrogens is 510 g/mol. The lowest BCUT2D eigenvalue weighted by molar-refractivity contribution is -0.0533. The van der Waals surface area contributed by atoms with Gasteiger partial charge in [0.25, 0.3) is 5.91 Å². The number of aromatic nitrogens is 2. The van der Waals surface area contributed by atoms with Crippen LogP contribution in [0.1, 0.15) is 66.2 Å². The Labute approximate surface area is 237 Å². The summed E-state index contributed by atoms with van der Waals surface area (Å²) in [5.41, 5.74) is 2.75. The number of carbonyl (C=O) groups is 1. The fraction of sp³-hybridized carbons (Fsp3) is 0.633. The molecule has 10 heteroatoms. The van der Waals surface area contributed by atoms with Crippen molar-refractivity contribution in [3.63, 3.8) is 0 Å². The van der Waals surface area contributed by atoms with Gasteiger partial charge in [-0.2, -0.15) is 0 Å². The molecule has 1 aromatic carbocycles. The molecule has 0 aliphatic carbocycles. The van der Waals surface area contributed by atoms with Crippen molar-refractivity contribution in [1.82, 2.24) is 20.2 Å². The number of hydrogen-bond donors (Lipinski definition) is 2. The molecule has 4 atom stereocenters. The lowest BCUT2D eigenvalue weighted by Crippen LogP contribution is -2.54. The minimum absolute atomic E-state index is 0.0399. The van der Waals surface area contributed by atoms with Crippen molar-refractivity contribution >= 4 is 11.7 Å². The second kappa shape index (κ2) is 13.7. The fourth-order valence-electron chi connectivity index (χ4n) is 6.06. The predicted molar refractivity (Wildman–Crippen MR) is 152 cm³/mol. The van der Waals surface area contributed by atoms with E-state index in [4.69, 9.17) is 18.9 Å². The van der Waals surface area contributed by atoms with Crippen LogP contribution in [-0.4, -0.2) is 92.1 Å². The Morgan fingerprint density at radius 3 is 2.75 bits per heavy atom. The molecule has 3 saturated heterocycles. The molecule has 218 valence electrons. The normalized spacial score (nSPS) is 25.9. The van der Waals surface area contributed by atoms with Gasteiger partial charge in [-0.15, -0.1) is 0 Å². The molecule has 3 aliphatic rings. The quantitative estimate of drug-likeness (QED) is 0.482. The van der Waals surface area contributed by atoms with Gasteiger partial charge in [0.15, 0.2) is 17.3 Å². The van der Waals surface area contributed by atoms with E-state index in [1.54, 1.807) is 14.2 Å². The van der Waals surface area contributed by atoms with Crippen molar-refractivity contribution in [3.05, 3.63) is 47.4 Å². The van der Waals surface area contributed by atoms with Crippen LogP contribution in [0, 0.1) is 6.92 Å². The molecule has 1 amide bonds. The van der Waals surface area contributed by atoms with Gasteiger partial charge < -0.3 is 34.5 Å². The summed E-state index contributed by atoms with van der Waals surface area (Å²) in [4.78, 5) is 24.1. The van der Waals surface area contributed by atoms with Gasteiger partial charge in [-0.25, -0.2) is 9.97 Å². The fourth-order valence-corrected chi connectivity index (χ4v) is 6.06. The molecule has 2 aromatic rings. The summed E-state index contributed by atoms with van der Waals surface area (Å²) in [6, 6.07) is 9.15. The van der Waals surface area contributed by atoms with E-state index in [9.17, 15) is 4.79 Å². The van der Waals surface area contributed by atoms with Crippen LogP contribution in [0.4, 0.5) is 5.82 Å². The summed E-state index contributed by atoms with van der Waals surface area (Å²) < 4.78 is 23.2. The maximum absolute atomic E-state index is 13.5. The second-order valence-electron chi connectivity index (χ2n) is 11.1. The first kappa shape index (κ1) is 28.7. The molecule has 2 N–H and O–H groups in total. The van der Waals surface area contributed by atoms with E-state index >= 15 is 0 Å². The molecule has 0 radical (unpaired) electrons. The van der Waals surface area contributed by atoms with Gasteiger partial charge in [0.1, 0.15) is 6.33 Å². The molecule has 3 aliphatic heterocycles. The summed E-state index contributed by atoms with van der Waals surface area (Å²) in [5.74, 6) is 0.766. The number of piperidine rings is 1. The minimum Gasteiger partial charge on any atom is -0.491 e. The van der Waals surface area contributed by atoms with E-state index in [2.05, 4.69) is 51.8 Å². The Morgan fingerprint density at radius 1 is 1.12 bits per heavy atom. The number of rotatable bonds is 9. The average Bonchev–Trinajstić information content (AvgIpc) is 3.00. The van der Waals surface area contributed by atoms with Gasteiger partial charge in [0.05, 0.1) is 32.0 Å². The molecular formula is C30H43N5O5. The smallest absolute Gasteiger partial charge is 0.276 e. The van der Waals surface area contributed by atoms with E-state index in [0.717, 1.165) is 45.1 Å². The zero-order valence-corrected chi connectivity index (χ0v) is 23.9. The number of nitrogens with one attached hydrogen (secondary N) is 2. The van der Waals surface area contributed by atoms with Crippen LogP contribution >= 0.6 is 0 Å². The maximum atomic E-state index is 13.5. The number of hydrogen-bond acceptors (Lipinski definition) is 9. The number of ether oxygens (including phenoxy) is 4. The molecule has 10 nitrogen and oxygen atoms in total. The summed E-state index contributed by atoms with van der Waals surface area (Å²) in [6.07, 6.45) is 7.40. The zero-order chi connectivity index (χ0) is 27.9. The van der Waals surface area contributed by atoms with E-state index in [0.29, 0.717) is 43.9 Å². The van der Waals surface area contributed by atoms with E-state index in [-0.39, 0.29) is 36.0 Å². The Morgan fingerprint density at radius 2 is 1.98 bits per heavy atom. The van der Waals surface area contributed by atoms with Crippen LogP contribution in [0.2, 0.25) is 0 Å². The molecule has 40 heavy (non-hydrogen) atoms. The highest BCUT2D eigenvalue weighted by Crippen LogP contribution is 2.33. The third kappa shape index (κ3) is 6.91. The number of likely N-dealkylation sites (tertiary alicyclic amines) is 1. The number of carbonyl (C=O) groups excluding carboxylic acids is 1. The number of benzene rings is 1. The monoisotopic (exact) mass is 553 g/mol. The van der Waals surface area contributed by atoms with E-state index in [1.807, 2.05) is 4.90 Å². The van der Waals surface area contributed by atoms with Gasteiger partial charge in [0.2, 0.25) is 0 Å². The van der Waals surface area contributed by atoms with Crippen molar-refractivity contribution in [2.45, 2.75) is 75.8 Å². The van der Waals surface area contributed by atoms with Gasteiger partial charge in [-0.1, -0.05) is 29.8 Å². The van der Waals surface area contributed by atoms with Gasteiger partial charge >= 0.3 is 0 Å². The summed E-state index contributed by atoms with van der Waals surface area (Å²) in [5, 5.41) is 7.11. The Bertz CT molecular complexity index is 1130. The van der Waals surface area contributed by atoms with Crippen molar-refractivity contribution in [2.75, 3.05) is 52.4 Å². The number of aryl methyl sites for hydroxylation is 1. The summed E-state index contributed by atoms with van der Waals surface area (Å²) in [7, 11) is 3.29. The number of nitrogens with zero attached hydrogens (tertiary/aromatic N) is 3. The largest absolute Gasteiger partial charge is 0.491 e. The molecule has 0 bridgehead atoms. The molecule has 0 saturated carbocycles. The highest BCUT2D eigenvalue weighted by atomic mass is 16.5. The first-order chi connectivity index (χ1) is 19.6. The summed E-state index contributed by atoms with van der Waals surface area (Å²) >= 11 is 0. The molecule has 1 aromatic heterocycles. The van der Waals surface area contributed by atoms with Crippen molar-refractivity contribution in [3.8, 4) is 5.75 Å². The summed E-state index contributed by atoms with van der Waals surface area (Å²) in [6.45, 7) is 5.37. The standard InChI is InChI=1S/C30H43N5O5/c1-20-6-4-7-21(16-20)25-9-5-8-23(40-25)17-31-29-28(38-3)27(32-19-33-29)30(36)35-13-10-22(11-14-35)34-24-12-15-39-18-26(24)37-2/h4,6-7,16,19,22-26,34H,5,8-15,17-18H2,1-3H3,(H,31,32,33)/t23-,24+,25+,26-/m1/s1. The van der Waals surface area contributed by atoms with Crippen LogP contribution in [-0.2, 0) is 14.2 Å². The van der Waals surface area contributed by atoms with Crippen LogP contribution < -0.4 is 15.4 Å². The van der Waals surface area contributed by atoms with Gasteiger partial charge in [-0.05, 0) is 51.0 Å². The lowest BCUT2D eigenvalue weighted by Gasteiger charge is -2.38. The second-order valence-corrected chi connectivity index (χ2v) is 11.1. The first-order valence-electron chi connectivity index (χ1n) is 14.6. The third-order valence-electron chi connectivity index (χ3n) is 8.31. The van der Waals surface area contributed by atoms with Crippen molar-refractivity contribution in [2.24, 2.45) is 0 Å². The van der Waals surface area contributed by atoms with Crippen LogP contribution in [0.15, 0.2) is 30.6 Å². The van der Waals surface area contributed by atoms with E-state index < -0.39 is 0 Å². The molecule has 0 spiro atoms. The van der Waals surface area contributed by atoms with Gasteiger partial charge in [-0.3, -0.25) is 4.79 Å². The maximum Gasteiger partial charge on any atom is 0.276 e. The third-order valence-corrected chi connectivity index (χ3v) is 8.31. The zero-order valence-electron chi connectivity index (χ0n) is 23.9. The Hall–Kier alpha value is -2.79. The lowest BCUT2D eigenvalue weighted by atomic mass is 9.97. The molecule has 3 fully saturated rings. The van der Waals surface area contributed by atoms with Crippen LogP contribution in [0.5, 0.6) is 5.75 Å². The molecule has 0 unspecified atom stereocenters. The minimum atomic E-state index is -0.130.